The van der Waals surface area contributed by atoms with Crippen molar-refractivity contribution in [3.05, 3.63) is 65.5 Å². The van der Waals surface area contributed by atoms with Gasteiger partial charge in [-0.05, 0) is 48.0 Å². The summed E-state index contributed by atoms with van der Waals surface area (Å²) in [4.78, 5) is 8.81. The molecule has 30 heavy (non-hydrogen) atoms. The van der Waals surface area contributed by atoms with Gasteiger partial charge in [0.25, 0.3) is 0 Å². The molecule has 0 radical (unpaired) electrons. The fourth-order valence-electron chi connectivity index (χ4n) is 2.93. The average molecular weight is 402 g/mol. The Labute approximate surface area is 173 Å². The standard InChI is InChI=1S/C21H20N7O2/c1-29-17-8-6-14(7-9-17)10-11-22-19-13-18(23-21(24-19)30-2)15-4-3-5-16(12-15)20-25-27-28-26-20/h3-9,12-13H,10-11H2,1-2H3,(H-,22,23,24,25,26,27,28)/q-1. The summed E-state index contributed by atoms with van der Waals surface area (Å²) >= 11 is 0. The molecule has 0 bridgehead atoms. The Hall–Kier alpha value is -4.01. The number of hydrogen-bond donors (Lipinski definition) is 1. The molecule has 0 spiro atoms. The van der Waals surface area contributed by atoms with Gasteiger partial charge in [0.05, 0.1) is 19.9 Å². The van der Waals surface area contributed by atoms with Crippen LogP contribution in [0.4, 0.5) is 5.82 Å². The van der Waals surface area contributed by atoms with Crippen LogP contribution >= 0.6 is 0 Å². The third-order valence-corrected chi connectivity index (χ3v) is 4.47. The number of nitrogens with zero attached hydrogens (tertiary/aromatic N) is 6. The lowest BCUT2D eigenvalue weighted by atomic mass is 10.1. The number of H-pyrrole nitrogens is 1. The van der Waals surface area contributed by atoms with Crippen LogP contribution in [0.15, 0.2) is 54.6 Å². The second-order valence-corrected chi connectivity index (χ2v) is 6.39. The molecule has 0 unspecified atom stereocenters. The maximum atomic E-state index is 5.27. The van der Waals surface area contributed by atoms with Gasteiger partial charge in [0, 0.05) is 11.1 Å². The molecule has 0 saturated heterocycles. The van der Waals surface area contributed by atoms with E-state index < -0.39 is 0 Å². The number of nitrogens with one attached hydrogen (secondary N) is 1. The molecule has 0 fully saturated rings. The third kappa shape index (κ3) is 4.52. The highest BCUT2D eigenvalue weighted by Gasteiger charge is 2.07. The van der Waals surface area contributed by atoms with Gasteiger partial charge < -0.3 is 19.8 Å². The van der Waals surface area contributed by atoms with E-state index in [0.717, 1.165) is 23.3 Å². The second kappa shape index (κ2) is 8.99. The monoisotopic (exact) mass is 402 g/mol. The molecule has 0 aliphatic carbocycles. The highest BCUT2D eigenvalue weighted by atomic mass is 16.5. The summed E-state index contributed by atoms with van der Waals surface area (Å²) in [5, 5.41) is 18.7. The number of tetrazole rings is 1. The van der Waals surface area contributed by atoms with Crippen molar-refractivity contribution in [3.63, 3.8) is 0 Å². The first-order chi connectivity index (χ1) is 14.7. The van der Waals surface area contributed by atoms with E-state index in [1.165, 1.54) is 12.7 Å². The predicted octanol–water partition coefficient (Wildman–Crippen LogP) is 3.59. The lowest BCUT2D eigenvalue weighted by Crippen LogP contribution is -1.97. The molecule has 9 nitrogen and oxygen atoms in total. The highest BCUT2D eigenvalue weighted by molar-refractivity contribution is 5.69. The first-order valence-electron chi connectivity index (χ1n) is 9.33. The number of rotatable bonds is 8. The van der Waals surface area contributed by atoms with Crippen molar-refractivity contribution >= 4 is 5.82 Å². The maximum Gasteiger partial charge on any atom is 0.207 e. The van der Waals surface area contributed by atoms with E-state index in [-0.39, 0.29) is 6.01 Å². The molecule has 2 aromatic heterocycles. The molecule has 0 aliphatic heterocycles. The van der Waals surface area contributed by atoms with Gasteiger partial charge in [-0.15, -0.1) is 10.2 Å². The molecule has 4 rings (SSSR count). The van der Waals surface area contributed by atoms with Gasteiger partial charge in [0.15, 0.2) is 0 Å². The second-order valence-electron chi connectivity index (χ2n) is 6.39. The Morgan fingerprint density at radius 2 is 1.77 bits per heavy atom. The molecule has 2 aromatic carbocycles. The zero-order valence-electron chi connectivity index (χ0n) is 16.6. The lowest BCUT2D eigenvalue weighted by Gasteiger charge is -2.18. The third-order valence-electron chi connectivity index (χ3n) is 4.47. The number of benzene rings is 2. The summed E-state index contributed by atoms with van der Waals surface area (Å²) in [5.41, 5.74) is 3.59. The zero-order valence-corrected chi connectivity index (χ0v) is 16.6. The summed E-state index contributed by atoms with van der Waals surface area (Å²) in [5.74, 6) is 1.92. The van der Waals surface area contributed by atoms with Crippen molar-refractivity contribution in [2.24, 2.45) is 0 Å². The summed E-state index contributed by atoms with van der Waals surface area (Å²) < 4.78 is 10.5. The van der Waals surface area contributed by atoms with Crippen LogP contribution in [0.25, 0.3) is 28.0 Å². The lowest BCUT2D eigenvalue weighted by molar-refractivity contribution is 0.381. The summed E-state index contributed by atoms with van der Waals surface area (Å²) in [7, 11) is 3.19. The van der Waals surface area contributed by atoms with Crippen molar-refractivity contribution in [1.82, 2.24) is 30.6 Å². The van der Waals surface area contributed by atoms with Crippen LogP contribution in [0.2, 0.25) is 0 Å². The molecular formula is C21H20N7O2-. The molecule has 0 saturated carbocycles. The van der Waals surface area contributed by atoms with Crippen LogP contribution in [0.1, 0.15) is 5.56 Å². The van der Waals surface area contributed by atoms with E-state index in [1.54, 1.807) is 7.11 Å². The average Bonchev–Trinajstić information content (AvgIpc) is 3.34. The summed E-state index contributed by atoms with van der Waals surface area (Å²) in [6.45, 7) is 0.592. The minimum Gasteiger partial charge on any atom is -0.497 e. The normalized spacial score (nSPS) is 10.6. The van der Waals surface area contributed by atoms with Crippen LogP contribution < -0.4 is 9.47 Å². The molecule has 0 aliphatic rings. The van der Waals surface area contributed by atoms with Gasteiger partial charge in [-0.2, -0.15) is 5.21 Å². The van der Waals surface area contributed by atoms with E-state index >= 15 is 0 Å². The Kier molecular flexibility index (Phi) is 5.79. The van der Waals surface area contributed by atoms with Crippen molar-refractivity contribution in [3.8, 4) is 34.4 Å². The van der Waals surface area contributed by atoms with Gasteiger partial charge in [-0.1, -0.05) is 36.1 Å². The van der Waals surface area contributed by atoms with E-state index in [4.69, 9.17) is 9.47 Å². The van der Waals surface area contributed by atoms with E-state index in [0.29, 0.717) is 23.9 Å². The molecule has 0 atom stereocenters. The number of methoxy groups -OCH3 is 2. The van der Waals surface area contributed by atoms with Crippen molar-refractivity contribution in [2.45, 2.75) is 6.42 Å². The Morgan fingerprint density at radius 3 is 2.50 bits per heavy atom. The van der Waals surface area contributed by atoms with E-state index in [1.807, 2.05) is 54.6 Å². The molecule has 4 aromatic rings. The minimum absolute atomic E-state index is 0.265. The Morgan fingerprint density at radius 1 is 0.933 bits per heavy atom. The van der Waals surface area contributed by atoms with Gasteiger partial charge in [0.1, 0.15) is 5.75 Å². The summed E-state index contributed by atoms with van der Waals surface area (Å²) in [6, 6.07) is 17.8. The van der Waals surface area contributed by atoms with Crippen molar-refractivity contribution in [2.75, 3.05) is 20.8 Å². The Balaban J connectivity index is 1.51. The molecule has 1 N–H and O–H groups in total. The van der Waals surface area contributed by atoms with E-state index in [9.17, 15) is 0 Å². The molecule has 9 heteroatoms. The van der Waals surface area contributed by atoms with Crippen LogP contribution in [0, 0.1) is 0 Å². The number of aromatic amines is 1. The van der Waals surface area contributed by atoms with Gasteiger partial charge in [-0.25, -0.2) is 4.98 Å². The molecule has 0 amide bonds. The molecule has 2 heterocycles. The fraction of sp³-hybridized carbons (Fsp3) is 0.190. The quantitative estimate of drug-likeness (QED) is 0.479. The topological polar surface area (TPSA) is 113 Å². The SMILES string of the molecule is COc1ccc(CC[N-]c2cc(-c3cccc(-c4nn[nH]n4)c3)nc(OC)n2)cc1. The van der Waals surface area contributed by atoms with Crippen LogP contribution in [-0.4, -0.2) is 51.4 Å². The first-order valence-corrected chi connectivity index (χ1v) is 9.33. The predicted molar refractivity (Wildman–Crippen MR) is 112 cm³/mol. The van der Waals surface area contributed by atoms with Gasteiger partial charge in [-0.3, -0.25) is 0 Å². The van der Waals surface area contributed by atoms with Gasteiger partial charge in [0.2, 0.25) is 11.8 Å². The Bertz CT molecular complexity index is 1100. The first kappa shape index (κ1) is 19.3. The number of ether oxygens (including phenoxy) is 2. The number of aromatic nitrogens is 6. The zero-order chi connectivity index (χ0) is 20.8. The highest BCUT2D eigenvalue weighted by Crippen LogP contribution is 2.28. The largest absolute Gasteiger partial charge is 0.497 e. The van der Waals surface area contributed by atoms with E-state index in [2.05, 4.69) is 35.9 Å². The summed E-state index contributed by atoms with van der Waals surface area (Å²) in [6.07, 6.45) is 0.791. The van der Waals surface area contributed by atoms with Crippen LogP contribution in [0.3, 0.4) is 0 Å². The fourth-order valence-corrected chi connectivity index (χ4v) is 2.93. The van der Waals surface area contributed by atoms with Crippen molar-refractivity contribution < 1.29 is 9.47 Å². The van der Waals surface area contributed by atoms with Crippen LogP contribution in [-0.2, 0) is 6.42 Å². The minimum atomic E-state index is 0.265. The maximum absolute atomic E-state index is 5.27. The smallest absolute Gasteiger partial charge is 0.207 e. The number of hydrogen-bond acceptors (Lipinski definition) is 7. The van der Waals surface area contributed by atoms with Crippen LogP contribution in [0.5, 0.6) is 11.8 Å². The molecular weight excluding hydrogens is 382 g/mol. The van der Waals surface area contributed by atoms with Gasteiger partial charge >= 0.3 is 0 Å². The molecule has 152 valence electrons. The van der Waals surface area contributed by atoms with Crippen molar-refractivity contribution in [1.29, 1.82) is 0 Å².